The van der Waals surface area contributed by atoms with Crippen LogP contribution in [-0.4, -0.2) is 36.3 Å². The van der Waals surface area contributed by atoms with Crippen molar-refractivity contribution in [3.63, 3.8) is 0 Å². The molecule has 1 unspecified atom stereocenters. The summed E-state index contributed by atoms with van der Waals surface area (Å²) in [6, 6.07) is 1.11. The Morgan fingerprint density at radius 1 is 1.35 bits per heavy atom. The molecule has 17 heavy (non-hydrogen) atoms. The highest BCUT2D eigenvalue weighted by atomic mass is 16.2. The van der Waals surface area contributed by atoms with E-state index in [1.165, 1.54) is 6.92 Å². The fourth-order valence-electron chi connectivity index (χ4n) is 1.08. The first-order chi connectivity index (χ1) is 8.04. The molecule has 1 fully saturated rings. The van der Waals surface area contributed by atoms with Crippen LogP contribution in [0.5, 0.6) is 0 Å². The lowest BCUT2D eigenvalue weighted by Crippen LogP contribution is -2.50. The summed E-state index contributed by atoms with van der Waals surface area (Å²) in [6.45, 7) is 1.25. The van der Waals surface area contributed by atoms with Gasteiger partial charge in [-0.1, -0.05) is 0 Å². The van der Waals surface area contributed by atoms with Gasteiger partial charge in [0.2, 0.25) is 5.91 Å². The molecule has 3 N–H and O–H groups in total. The first kappa shape index (κ1) is 13.0. The molecule has 1 atom stereocenters. The van der Waals surface area contributed by atoms with Crippen molar-refractivity contribution in [2.24, 2.45) is 0 Å². The molecule has 92 valence electrons. The third kappa shape index (κ3) is 4.51. The van der Waals surface area contributed by atoms with Gasteiger partial charge in [-0.05, 0) is 19.8 Å². The molecular formula is C10H14N4O3. The lowest BCUT2D eigenvalue weighted by atomic mass is 10.3. The fourth-order valence-corrected chi connectivity index (χ4v) is 1.08. The fraction of sp³-hybridized carbons (Fsp3) is 0.600. The molecule has 3 amide bonds. The van der Waals surface area contributed by atoms with Crippen molar-refractivity contribution in [2.75, 3.05) is 6.54 Å². The molecular weight excluding hydrogens is 224 g/mol. The van der Waals surface area contributed by atoms with Crippen LogP contribution in [0.25, 0.3) is 0 Å². The van der Waals surface area contributed by atoms with Gasteiger partial charge in [-0.25, -0.2) is 0 Å². The van der Waals surface area contributed by atoms with Crippen LogP contribution in [0.3, 0.4) is 0 Å². The van der Waals surface area contributed by atoms with Gasteiger partial charge in [0, 0.05) is 6.04 Å². The summed E-state index contributed by atoms with van der Waals surface area (Å²) in [7, 11) is 0. The van der Waals surface area contributed by atoms with Gasteiger partial charge in [0.05, 0.1) is 6.07 Å². The summed E-state index contributed by atoms with van der Waals surface area (Å²) in [4.78, 5) is 33.8. The summed E-state index contributed by atoms with van der Waals surface area (Å²) < 4.78 is 0. The average Bonchev–Trinajstić information content (AvgIpc) is 3.09. The highest BCUT2D eigenvalue weighted by Gasteiger charge is 2.27. The maximum Gasteiger partial charge on any atom is 0.310 e. The number of nitrogens with zero attached hydrogens (tertiary/aromatic N) is 1. The number of carbonyl (C=O) groups is 3. The minimum atomic E-state index is -0.919. The zero-order valence-corrected chi connectivity index (χ0v) is 9.45. The van der Waals surface area contributed by atoms with Gasteiger partial charge < -0.3 is 16.0 Å². The summed E-state index contributed by atoms with van der Waals surface area (Å²) in [5.41, 5.74) is 0. The summed E-state index contributed by atoms with van der Waals surface area (Å²) in [6.07, 6.45) is 1.91. The number of carbonyl (C=O) groups excluding carboxylic acids is 3. The predicted octanol–water partition coefficient (Wildman–Crippen LogP) is -1.59. The van der Waals surface area contributed by atoms with Gasteiger partial charge in [-0.3, -0.25) is 14.4 Å². The van der Waals surface area contributed by atoms with Crippen molar-refractivity contribution in [2.45, 2.75) is 31.8 Å². The SMILES string of the molecule is CC(NC(=O)C(=O)NCC#N)C(=O)NC1CC1. The Bertz CT molecular complexity index is 370. The topological polar surface area (TPSA) is 111 Å². The van der Waals surface area contributed by atoms with Gasteiger partial charge in [-0.15, -0.1) is 0 Å². The Labute approximate surface area is 98.5 Å². The van der Waals surface area contributed by atoms with Crippen LogP contribution in [0, 0.1) is 11.3 Å². The third-order valence-electron chi connectivity index (χ3n) is 2.20. The van der Waals surface area contributed by atoms with Crippen LogP contribution in [-0.2, 0) is 14.4 Å². The second kappa shape index (κ2) is 5.84. The average molecular weight is 238 g/mol. The smallest absolute Gasteiger partial charge is 0.310 e. The standard InChI is InChI=1S/C10H14N4O3/c1-6(8(15)14-7-2-3-7)13-10(17)9(16)12-5-4-11/h6-7H,2-3,5H2,1H3,(H,12,16)(H,13,17)(H,14,15). The van der Waals surface area contributed by atoms with Crippen molar-refractivity contribution in [1.82, 2.24) is 16.0 Å². The normalized spacial score (nSPS) is 15.3. The van der Waals surface area contributed by atoms with E-state index in [2.05, 4.69) is 16.0 Å². The third-order valence-corrected chi connectivity index (χ3v) is 2.20. The molecule has 0 aromatic rings. The van der Waals surface area contributed by atoms with E-state index in [4.69, 9.17) is 5.26 Å². The van der Waals surface area contributed by atoms with E-state index in [1.807, 2.05) is 0 Å². The van der Waals surface area contributed by atoms with Gasteiger partial charge in [0.25, 0.3) is 0 Å². The zero-order chi connectivity index (χ0) is 12.8. The predicted molar refractivity (Wildman–Crippen MR) is 57.4 cm³/mol. The van der Waals surface area contributed by atoms with Crippen LogP contribution in [0.15, 0.2) is 0 Å². The molecule has 1 aliphatic rings. The number of amides is 3. The molecule has 0 aromatic heterocycles. The summed E-state index contributed by atoms with van der Waals surface area (Å²) >= 11 is 0. The van der Waals surface area contributed by atoms with Crippen LogP contribution in [0.1, 0.15) is 19.8 Å². The van der Waals surface area contributed by atoms with E-state index < -0.39 is 17.9 Å². The molecule has 7 heteroatoms. The Morgan fingerprint density at radius 2 is 2.00 bits per heavy atom. The maximum absolute atomic E-state index is 11.5. The molecule has 0 radical (unpaired) electrons. The second-order valence-corrected chi connectivity index (χ2v) is 3.82. The zero-order valence-electron chi connectivity index (χ0n) is 9.45. The van der Waals surface area contributed by atoms with Gasteiger partial charge in [-0.2, -0.15) is 5.26 Å². The van der Waals surface area contributed by atoms with Crippen molar-refractivity contribution in [1.29, 1.82) is 5.26 Å². The molecule has 0 aliphatic heterocycles. The molecule has 1 aliphatic carbocycles. The first-order valence-corrected chi connectivity index (χ1v) is 5.30. The van der Waals surface area contributed by atoms with Crippen LogP contribution < -0.4 is 16.0 Å². The van der Waals surface area contributed by atoms with Crippen molar-refractivity contribution < 1.29 is 14.4 Å². The summed E-state index contributed by atoms with van der Waals surface area (Å²) in [5, 5.41) is 15.3. The van der Waals surface area contributed by atoms with Crippen LogP contribution in [0.2, 0.25) is 0 Å². The Hall–Kier alpha value is -2.10. The lowest BCUT2D eigenvalue weighted by molar-refractivity contribution is -0.140. The number of nitriles is 1. The lowest BCUT2D eigenvalue weighted by Gasteiger charge is -2.13. The number of rotatable bonds is 4. The molecule has 0 saturated heterocycles. The Morgan fingerprint density at radius 3 is 2.53 bits per heavy atom. The van der Waals surface area contributed by atoms with E-state index in [0.717, 1.165) is 12.8 Å². The van der Waals surface area contributed by atoms with Gasteiger partial charge >= 0.3 is 11.8 Å². The van der Waals surface area contributed by atoms with Crippen LogP contribution >= 0.6 is 0 Å². The number of nitrogens with one attached hydrogen (secondary N) is 3. The quantitative estimate of drug-likeness (QED) is 0.405. The van der Waals surface area contributed by atoms with E-state index >= 15 is 0 Å². The van der Waals surface area contributed by atoms with Crippen LogP contribution in [0.4, 0.5) is 0 Å². The molecule has 1 saturated carbocycles. The van der Waals surface area contributed by atoms with E-state index in [9.17, 15) is 14.4 Å². The highest BCUT2D eigenvalue weighted by molar-refractivity contribution is 6.35. The first-order valence-electron chi connectivity index (χ1n) is 5.30. The number of hydrogen-bond donors (Lipinski definition) is 3. The Balaban J connectivity index is 2.31. The van der Waals surface area contributed by atoms with Crippen molar-refractivity contribution in [3.8, 4) is 6.07 Å². The summed E-state index contributed by atoms with van der Waals surface area (Å²) in [5.74, 6) is -2.15. The highest BCUT2D eigenvalue weighted by Crippen LogP contribution is 2.18. The minimum absolute atomic E-state index is 0.203. The minimum Gasteiger partial charge on any atom is -0.352 e. The van der Waals surface area contributed by atoms with Gasteiger partial charge in [0.15, 0.2) is 0 Å². The second-order valence-electron chi connectivity index (χ2n) is 3.82. The van der Waals surface area contributed by atoms with Crippen molar-refractivity contribution in [3.05, 3.63) is 0 Å². The van der Waals surface area contributed by atoms with Crippen molar-refractivity contribution >= 4 is 17.7 Å². The van der Waals surface area contributed by atoms with E-state index in [-0.39, 0.29) is 18.5 Å². The van der Waals surface area contributed by atoms with E-state index in [1.54, 1.807) is 6.07 Å². The van der Waals surface area contributed by atoms with Gasteiger partial charge in [0.1, 0.15) is 12.6 Å². The largest absolute Gasteiger partial charge is 0.352 e. The molecule has 7 nitrogen and oxygen atoms in total. The number of hydrogen-bond acceptors (Lipinski definition) is 4. The Kier molecular flexibility index (Phi) is 4.46. The molecule has 0 spiro atoms. The monoisotopic (exact) mass is 238 g/mol. The molecule has 0 aromatic carbocycles. The van der Waals surface area contributed by atoms with E-state index in [0.29, 0.717) is 0 Å². The maximum atomic E-state index is 11.5. The molecule has 0 bridgehead atoms. The molecule has 0 heterocycles. The molecule has 1 rings (SSSR count).